The van der Waals surface area contributed by atoms with Crippen LogP contribution in [-0.4, -0.2) is 124 Å². The molecular weight excluding hydrogens is 616 g/mol. The van der Waals surface area contributed by atoms with Crippen LogP contribution in [0.3, 0.4) is 0 Å². The third-order valence-electron chi connectivity index (χ3n) is 8.25. The van der Waals surface area contributed by atoms with Gasteiger partial charge in [-0.2, -0.15) is 0 Å². The summed E-state index contributed by atoms with van der Waals surface area (Å²) in [5, 5.41) is 99.5. The molecule has 2 aliphatic rings. The second-order valence-electron chi connectivity index (χ2n) is 11.7. The van der Waals surface area contributed by atoms with Crippen molar-refractivity contribution in [3.8, 4) is 23.0 Å². The second kappa shape index (κ2) is 14.4. The number of ether oxygens (including phenoxy) is 4. The highest BCUT2D eigenvalue weighted by Crippen LogP contribution is 2.35. The van der Waals surface area contributed by atoms with E-state index in [9.17, 15) is 60.7 Å². The first-order valence-electron chi connectivity index (χ1n) is 14.4. The molecule has 254 valence electrons. The molecule has 4 rings (SSSR count). The Morgan fingerprint density at radius 1 is 0.630 bits per heavy atom. The van der Waals surface area contributed by atoms with Crippen LogP contribution in [0.2, 0.25) is 0 Å². The lowest BCUT2D eigenvalue weighted by molar-refractivity contribution is -0.271. The molecule has 2 aliphatic heterocycles. The Bertz CT molecular complexity index is 1380. The molecular formula is C30H38O16. The molecule has 0 bridgehead atoms. The van der Waals surface area contributed by atoms with Crippen LogP contribution in [0, 0.1) is 11.8 Å². The van der Waals surface area contributed by atoms with Gasteiger partial charge in [-0.05, 0) is 60.1 Å². The molecule has 16 nitrogen and oxygen atoms in total. The number of aliphatic hydroxyl groups excluding tert-OH is 6. The summed E-state index contributed by atoms with van der Waals surface area (Å²) >= 11 is 0. The molecule has 16 heteroatoms. The fourth-order valence-electron chi connectivity index (χ4n) is 5.26. The van der Waals surface area contributed by atoms with Gasteiger partial charge in [-0.25, -0.2) is 9.59 Å². The van der Waals surface area contributed by atoms with Crippen LogP contribution < -0.4 is 9.47 Å². The standard InChI is InChI=1S/C30H38O16/c1-11(7-13-4-6-17(16(32)9-13)43-29-23(37)19(33)21(35)25(45-29)27(39)40)12(2)8-14-3-5-15(31)18(10-14)44-30-24(38)20(34)22(36)26(46-30)28(41)42/h3-6,9-12,19-26,29-38H,7-8H2,1-2H3,(H,39,40)(H,41,42)/t11-,12+,19-,20-,21-,22-,23+,24+,25-,26-,29+,30+/m1/s1. The van der Waals surface area contributed by atoms with Gasteiger partial charge in [0.05, 0.1) is 0 Å². The van der Waals surface area contributed by atoms with Crippen molar-refractivity contribution < 1.29 is 79.6 Å². The Morgan fingerprint density at radius 2 is 1.07 bits per heavy atom. The minimum atomic E-state index is -1.89. The van der Waals surface area contributed by atoms with E-state index < -0.39 is 73.4 Å². The number of phenols is 2. The van der Waals surface area contributed by atoms with Gasteiger partial charge in [0.15, 0.2) is 35.2 Å². The second-order valence-corrected chi connectivity index (χ2v) is 11.7. The molecule has 0 unspecified atom stereocenters. The fourth-order valence-corrected chi connectivity index (χ4v) is 5.26. The molecule has 2 aromatic rings. The Kier molecular flexibility index (Phi) is 11.0. The number of aromatic hydroxyl groups is 2. The topological polar surface area (TPSA) is 273 Å². The quantitative estimate of drug-likeness (QED) is 0.135. The fraction of sp³-hybridized carbons (Fsp3) is 0.533. The maximum atomic E-state index is 11.4. The minimum absolute atomic E-state index is 0.0204. The summed E-state index contributed by atoms with van der Waals surface area (Å²) in [5.41, 5.74) is 1.41. The van der Waals surface area contributed by atoms with E-state index in [1.54, 1.807) is 12.1 Å². The molecule has 2 saturated heterocycles. The van der Waals surface area contributed by atoms with Crippen molar-refractivity contribution in [3.63, 3.8) is 0 Å². The van der Waals surface area contributed by atoms with E-state index >= 15 is 0 Å². The number of carbonyl (C=O) groups is 2. The lowest BCUT2D eigenvalue weighted by Gasteiger charge is -2.38. The highest BCUT2D eigenvalue weighted by molar-refractivity contribution is 5.74. The number of hydrogen-bond donors (Lipinski definition) is 10. The highest BCUT2D eigenvalue weighted by atomic mass is 16.7. The summed E-state index contributed by atoms with van der Waals surface area (Å²) in [7, 11) is 0. The third kappa shape index (κ3) is 7.62. The van der Waals surface area contributed by atoms with Crippen molar-refractivity contribution in [2.75, 3.05) is 0 Å². The van der Waals surface area contributed by atoms with E-state index in [1.165, 1.54) is 24.3 Å². The molecule has 46 heavy (non-hydrogen) atoms. The van der Waals surface area contributed by atoms with Crippen LogP contribution in [0.1, 0.15) is 25.0 Å². The van der Waals surface area contributed by atoms with Gasteiger partial charge in [-0.1, -0.05) is 26.0 Å². The first-order chi connectivity index (χ1) is 21.6. The number of aliphatic hydroxyl groups is 6. The number of hydrogen-bond acceptors (Lipinski definition) is 14. The van der Waals surface area contributed by atoms with Crippen molar-refractivity contribution >= 4 is 11.9 Å². The number of aliphatic carboxylic acids is 2. The molecule has 10 N–H and O–H groups in total. The number of rotatable bonds is 11. The summed E-state index contributed by atoms with van der Waals surface area (Å²) in [6.45, 7) is 3.94. The molecule has 0 saturated carbocycles. The van der Waals surface area contributed by atoms with Gasteiger partial charge < -0.3 is 70.0 Å². The monoisotopic (exact) mass is 654 g/mol. The van der Waals surface area contributed by atoms with Crippen LogP contribution in [-0.2, 0) is 31.9 Å². The zero-order chi connectivity index (χ0) is 34.0. The summed E-state index contributed by atoms with van der Waals surface area (Å²) < 4.78 is 21.2. The van der Waals surface area contributed by atoms with Crippen molar-refractivity contribution in [3.05, 3.63) is 47.5 Å². The van der Waals surface area contributed by atoms with Crippen LogP contribution in [0.15, 0.2) is 36.4 Å². The van der Waals surface area contributed by atoms with Gasteiger partial charge in [0, 0.05) is 0 Å². The zero-order valence-electron chi connectivity index (χ0n) is 24.7. The molecule has 0 aromatic heterocycles. The predicted molar refractivity (Wildman–Crippen MR) is 152 cm³/mol. The average Bonchev–Trinajstić information content (AvgIpc) is 2.99. The average molecular weight is 655 g/mol. The molecule has 2 aromatic carbocycles. The Balaban J connectivity index is 1.38. The molecule has 2 fully saturated rings. The van der Waals surface area contributed by atoms with Crippen molar-refractivity contribution in [2.24, 2.45) is 11.8 Å². The largest absolute Gasteiger partial charge is 0.504 e. The number of carboxylic acids is 2. The maximum Gasteiger partial charge on any atom is 0.335 e. The molecule has 0 amide bonds. The van der Waals surface area contributed by atoms with E-state index in [0.717, 1.165) is 0 Å². The van der Waals surface area contributed by atoms with E-state index in [0.29, 0.717) is 24.0 Å². The van der Waals surface area contributed by atoms with E-state index in [2.05, 4.69) is 0 Å². The van der Waals surface area contributed by atoms with E-state index in [1.807, 2.05) is 13.8 Å². The summed E-state index contributed by atoms with van der Waals surface area (Å²) in [6, 6.07) is 8.93. The maximum absolute atomic E-state index is 11.4. The number of carboxylic acid groups (broad SMARTS) is 2. The molecule has 0 spiro atoms. The first-order valence-corrected chi connectivity index (χ1v) is 14.4. The predicted octanol–water partition coefficient (Wildman–Crippen LogP) is -1.30. The van der Waals surface area contributed by atoms with Crippen LogP contribution >= 0.6 is 0 Å². The summed E-state index contributed by atoms with van der Waals surface area (Å²) in [4.78, 5) is 22.7. The minimum Gasteiger partial charge on any atom is -0.504 e. The Labute approximate surface area is 262 Å². The number of benzene rings is 2. The SMILES string of the molecule is C[C@H](Cc1ccc(O[C@H]2O[C@@H](C(=O)O)[C@H](O)[C@@H](O)[C@@H]2O)c(O)c1)[C@@H](C)Cc1ccc(O)c(O[C@H]2O[C@@H](C(=O)O)[C@H](O)[C@@H](O)[C@@H]2O)c1. The van der Waals surface area contributed by atoms with Gasteiger partial charge in [-0.3, -0.25) is 0 Å². The van der Waals surface area contributed by atoms with Crippen molar-refractivity contribution in [1.82, 2.24) is 0 Å². The van der Waals surface area contributed by atoms with Gasteiger partial charge >= 0.3 is 11.9 Å². The Hall–Kier alpha value is -3.74. The normalized spacial score (nSPS) is 32.7. The third-order valence-corrected chi connectivity index (χ3v) is 8.25. The van der Waals surface area contributed by atoms with Gasteiger partial charge in [0.1, 0.15) is 36.6 Å². The molecule has 0 aliphatic carbocycles. The summed E-state index contributed by atoms with van der Waals surface area (Å²) in [5.74, 6) is -4.06. The van der Waals surface area contributed by atoms with Crippen LogP contribution in [0.4, 0.5) is 0 Å². The molecule has 0 radical (unpaired) electrons. The lowest BCUT2D eigenvalue weighted by Crippen LogP contribution is -2.61. The molecule has 2 heterocycles. The van der Waals surface area contributed by atoms with Gasteiger partial charge in [-0.15, -0.1) is 0 Å². The van der Waals surface area contributed by atoms with Crippen LogP contribution in [0.5, 0.6) is 23.0 Å². The van der Waals surface area contributed by atoms with Gasteiger partial charge in [0.2, 0.25) is 12.6 Å². The smallest absolute Gasteiger partial charge is 0.335 e. The van der Waals surface area contributed by atoms with Crippen molar-refractivity contribution in [1.29, 1.82) is 0 Å². The van der Waals surface area contributed by atoms with Crippen molar-refractivity contribution in [2.45, 2.75) is 88.1 Å². The van der Waals surface area contributed by atoms with Crippen LogP contribution in [0.25, 0.3) is 0 Å². The Morgan fingerprint density at radius 3 is 1.52 bits per heavy atom. The zero-order valence-corrected chi connectivity index (χ0v) is 24.7. The van der Waals surface area contributed by atoms with E-state index in [4.69, 9.17) is 18.9 Å². The summed E-state index contributed by atoms with van der Waals surface area (Å²) in [6.07, 6.45) is -17.2. The highest BCUT2D eigenvalue weighted by Gasteiger charge is 2.49. The van der Waals surface area contributed by atoms with E-state index in [-0.39, 0.29) is 34.8 Å². The first kappa shape index (κ1) is 35.1. The molecule has 12 atom stereocenters. The number of phenolic OH excluding ortho intramolecular Hbond substituents is 2. The lowest BCUT2D eigenvalue weighted by atomic mass is 9.85. The van der Waals surface area contributed by atoms with Gasteiger partial charge in [0.25, 0.3) is 0 Å².